The Morgan fingerprint density at radius 3 is 2.85 bits per heavy atom. The van der Waals surface area contributed by atoms with E-state index in [0.29, 0.717) is 12.8 Å². The largest absolute Gasteiger partial charge is 0.479 e. The van der Waals surface area contributed by atoms with Gasteiger partial charge in [-0.2, -0.15) is 10.2 Å². The van der Waals surface area contributed by atoms with Crippen molar-refractivity contribution < 1.29 is 9.90 Å². The van der Waals surface area contributed by atoms with Crippen LogP contribution in [-0.2, 0) is 17.4 Å². The third-order valence-corrected chi connectivity index (χ3v) is 4.32. The van der Waals surface area contributed by atoms with E-state index in [9.17, 15) is 9.90 Å². The Labute approximate surface area is 117 Å². The second-order valence-corrected chi connectivity index (χ2v) is 5.62. The van der Waals surface area contributed by atoms with Gasteiger partial charge in [0.1, 0.15) is 0 Å². The lowest BCUT2D eigenvalue weighted by molar-refractivity contribution is -0.148. The molecule has 0 saturated heterocycles. The molecule has 2 aromatic rings. The zero-order valence-electron chi connectivity index (χ0n) is 11.7. The van der Waals surface area contributed by atoms with Gasteiger partial charge in [-0.05, 0) is 37.8 Å². The van der Waals surface area contributed by atoms with E-state index in [1.54, 1.807) is 17.1 Å². The van der Waals surface area contributed by atoms with E-state index in [0.717, 1.165) is 17.7 Å². The van der Waals surface area contributed by atoms with Crippen LogP contribution in [0.4, 0.5) is 0 Å². The fourth-order valence-corrected chi connectivity index (χ4v) is 3.21. The summed E-state index contributed by atoms with van der Waals surface area (Å²) in [5, 5.41) is 18.1. The van der Waals surface area contributed by atoms with Crippen LogP contribution in [0.25, 0.3) is 0 Å². The average molecular weight is 274 g/mol. The number of carboxylic acids is 1. The van der Waals surface area contributed by atoms with Crippen molar-refractivity contribution in [2.75, 3.05) is 0 Å². The maximum absolute atomic E-state index is 11.9. The van der Waals surface area contributed by atoms with E-state index in [1.165, 1.54) is 0 Å². The monoisotopic (exact) mass is 274 g/mol. The third kappa shape index (κ3) is 1.83. The second kappa shape index (κ2) is 4.47. The minimum atomic E-state index is -0.927. The van der Waals surface area contributed by atoms with Crippen LogP contribution in [0.2, 0.25) is 0 Å². The van der Waals surface area contributed by atoms with E-state index in [4.69, 9.17) is 0 Å². The normalized spacial score (nSPS) is 26.0. The molecule has 0 radical (unpaired) electrons. The van der Waals surface area contributed by atoms with Gasteiger partial charge in [0.05, 0.1) is 6.20 Å². The van der Waals surface area contributed by atoms with Gasteiger partial charge >= 0.3 is 5.97 Å². The van der Waals surface area contributed by atoms with Gasteiger partial charge in [-0.15, -0.1) is 0 Å². The molecule has 3 rings (SSSR count). The fourth-order valence-electron chi connectivity index (χ4n) is 3.21. The van der Waals surface area contributed by atoms with Crippen molar-refractivity contribution in [3.05, 3.63) is 35.9 Å². The summed E-state index contributed by atoms with van der Waals surface area (Å²) in [5.74, 6) is -0.589. The first-order chi connectivity index (χ1) is 9.53. The van der Waals surface area contributed by atoms with Gasteiger partial charge in [-0.25, -0.2) is 4.79 Å². The molecule has 0 bridgehead atoms. The maximum atomic E-state index is 11.9. The van der Waals surface area contributed by atoms with Crippen molar-refractivity contribution in [3.63, 3.8) is 0 Å². The smallest absolute Gasteiger partial charge is 0.331 e. The van der Waals surface area contributed by atoms with E-state index >= 15 is 0 Å². The molecule has 0 spiro atoms. The van der Waals surface area contributed by atoms with Crippen LogP contribution in [0.3, 0.4) is 0 Å². The maximum Gasteiger partial charge on any atom is 0.331 e. The predicted octanol–water partition coefficient (Wildman–Crippen LogP) is 1.67. The molecule has 2 aromatic heterocycles. The van der Waals surface area contributed by atoms with Crippen molar-refractivity contribution in [2.24, 2.45) is 7.05 Å². The molecule has 2 atom stereocenters. The van der Waals surface area contributed by atoms with Crippen molar-refractivity contribution >= 4 is 5.97 Å². The van der Waals surface area contributed by atoms with Gasteiger partial charge in [0.25, 0.3) is 0 Å². The quantitative estimate of drug-likeness (QED) is 0.924. The number of aliphatic carboxylic acids is 1. The van der Waals surface area contributed by atoms with Crippen molar-refractivity contribution in [3.8, 4) is 0 Å². The molecule has 20 heavy (non-hydrogen) atoms. The van der Waals surface area contributed by atoms with Crippen LogP contribution in [0.1, 0.15) is 36.4 Å². The van der Waals surface area contributed by atoms with Gasteiger partial charge in [0.2, 0.25) is 0 Å². The Morgan fingerprint density at radius 2 is 2.30 bits per heavy atom. The molecule has 0 aromatic carbocycles. The summed E-state index contributed by atoms with van der Waals surface area (Å²) < 4.78 is 3.46. The molecule has 6 heteroatoms. The lowest BCUT2D eigenvalue weighted by Gasteiger charge is -2.25. The zero-order valence-corrected chi connectivity index (χ0v) is 11.7. The van der Waals surface area contributed by atoms with E-state index < -0.39 is 11.5 Å². The Balaban J connectivity index is 1.95. The van der Waals surface area contributed by atoms with E-state index in [2.05, 4.69) is 10.2 Å². The topological polar surface area (TPSA) is 72.9 Å². The standard InChI is InChI=1S/C14H18N4O2/c1-10-8-16-18(9-10)14(13(19)20)5-3-11(7-14)12-4-6-15-17(12)2/h4,6,8-9,11H,3,5,7H2,1-2H3,(H,19,20). The van der Waals surface area contributed by atoms with Gasteiger partial charge in [0.15, 0.2) is 5.54 Å². The third-order valence-electron chi connectivity index (χ3n) is 4.32. The van der Waals surface area contributed by atoms with Crippen LogP contribution in [0.15, 0.2) is 24.7 Å². The minimum absolute atomic E-state index is 0.211. The Bertz CT molecular complexity index is 645. The molecule has 1 fully saturated rings. The summed E-state index contributed by atoms with van der Waals surface area (Å²) in [6, 6.07) is 1.97. The number of aryl methyl sites for hydroxylation is 2. The number of aromatic nitrogens is 4. The van der Waals surface area contributed by atoms with Crippen molar-refractivity contribution in [1.82, 2.24) is 19.6 Å². The summed E-state index contributed by atoms with van der Waals surface area (Å²) in [6.07, 6.45) is 7.28. The van der Waals surface area contributed by atoms with Gasteiger partial charge in [-0.1, -0.05) is 0 Å². The molecule has 1 N–H and O–H groups in total. The fraction of sp³-hybridized carbons (Fsp3) is 0.500. The molecule has 1 aliphatic carbocycles. The highest BCUT2D eigenvalue weighted by Gasteiger charge is 2.48. The zero-order chi connectivity index (χ0) is 14.3. The Morgan fingerprint density at radius 1 is 1.50 bits per heavy atom. The lowest BCUT2D eigenvalue weighted by atomic mass is 9.95. The van der Waals surface area contributed by atoms with Crippen LogP contribution in [0.5, 0.6) is 0 Å². The number of hydrogen-bond donors (Lipinski definition) is 1. The number of rotatable bonds is 3. The molecule has 2 unspecified atom stereocenters. The highest BCUT2D eigenvalue weighted by atomic mass is 16.4. The molecular formula is C14H18N4O2. The molecule has 0 aliphatic heterocycles. The highest BCUT2D eigenvalue weighted by molar-refractivity contribution is 5.77. The molecule has 1 aliphatic rings. The summed E-state index contributed by atoms with van der Waals surface area (Å²) in [5.41, 5.74) is 1.15. The van der Waals surface area contributed by atoms with Gasteiger partial charge in [-0.3, -0.25) is 9.36 Å². The van der Waals surface area contributed by atoms with Crippen LogP contribution >= 0.6 is 0 Å². The van der Waals surface area contributed by atoms with Gasteiger partial charge < -0.3 is 5.11 Å². The second-order valence-electron chi connectivity index (χ2n) is 5.62. The molecule has 6 nitrogen and oxygen atoms in total. The average Bonchev–Trinajstić information content (AvgIpc) is 3.08. The number of hydrogen-bond acceptors (Lipinski definition) is 3. The molecular weight excluding hydrogens is 256 g/mol. The molecule has 106 valence electrons. The van der Waals surface area contributed by atoms with Crippen molar-refractivity contribution in [2.45, 2.75) is 37.6 Å². The van der Waals surface area contributed by atoms with Crippen LogP contribution in [0, 0.1) is 6.92 Å². The van der Waals surface area contributed by atoms with Crippen LogP contribution < -0.4 is 0 Å². The van der Waals surface area contributed by atoms with Gasteiger partial charge in [0, 0.05) is 31.1 Å². The summed E-state index contributed by atoms with van der Waals surface area (Å²) in [4.78, 5) is 11.9. The molecule has 2 heterocycles. The first-order valence-corrected chi connectivity index (χ1v) is 6.76. The molecule has 0 amide bonds. The van der Waals surface area contributed by atoms with E-state index in [-0.39, 0.29) is 5.92 Å². The SMILES string of the molecule is Cc1cnn(C2(C(=O)O)CCC(c3ccnn3C)C2)c1. The highest BCUT2D eigenvalue weighted by Crippen LogP contribution is 2.45. The van der Waals surface area contributed by atoms with Crippen molar-refractivity contribution in [1.29, 1.82) is 0 Å². The predicted molar refractivity (Wildman–Crippen MR) is 72.4 cm³/mol. The van der Waals surface area contributed by atoms with E-state index in [1.807, 2.05) is 30.9 Å². The molecule has 1 saturated carbocycles. The summed E-state index contributed by atoms with van der Waals surface area (Å²) >= 11 is 0. The minimum Gasteiger partial charge on any atom is -0.479 e. The lowest BCUT2D eigenvalue weighted by Crippen LogP contribution is -2.40. The summed E-state index contributed by atoms with van der Waals surface area (Å²) in [6.45, 7) is 1.92. The summed E-state index contributed by atoms with van der Waals surface area (Å²) in [7, 11) is 1.90. The number of nitrogens with zero attached hydrogens (tertiary/aromatic N) is 4. The Hall–Kier alpha value is -2.11. The number of carboxylic acid groups (broad SMARTS) is 1. The first kappa shape index (κ1) is 12.9. The first-order valence-electron chi connectivity index (χ1n) is 6.76. The Kier molecular flexibility index (Phi) is 2.88. The number of carbonyl (C=O) groups is 1. The van der Waals surface area contributed by atoms with Crippen LogP contribution in [-0.4, -0.2) is 30.6 Å².